The highest BCUT2D eigenvalue weighted by atomic mass is 35.5. The van der Waals surface area contributed by atoms with Gasteiger partial charge in [-0.25, -0.2) is 8.42 Å². The van der Waals surface area contributed by atoms with Crippen LogP contribution in [0.3, 0.4) is 0 Å². The van der Waals surface area contributed by atoms with Crippen molar-refractivity contribution < 1.29 is 13.2 Å². The Morgan fingerprint density at radius 3 is 2.21 bits per heavy atom. The van der Waals surface area contributed by atoms with E-state index in [4.69, 9.17) is 11.6 Å². The average Bonchev–Trinajstić information content (AvgIpc) is 2.80. The highest BCUT2D eigenvalue weighted by Crippen LogP contribution is 2.44. The zero-order valence-electron chi connectivity index (χ0n) is 18.9. The van der Waals surface area contributed by atoms with Gasteiger partial charge in [0.25, 0.3) is 10.0 Å². The van der Waals surface area contributed by atoms with Gasteiger partial charge in [-0.1, -0.05) is 61.8 Å². The zero-order chi connectivity index (χ0) is 23.8. The second-order valence-corrected chi connectivity index (χ2v) is 10.9. The number of hydrogen-bond acceptors (Lipinski definition) is 3. The summed E-state index contributed by atoms with van der Waals surface area (Å²) < 4.78 is 29.5. The minimum atomic E-state index is -3.92. The Hall–Kier alpha value is -2.83. The molecule has 0 aliphatic carbocycles. The van der Waals surface area contributed by atoms with Crippen LogP contribution in [0.1, 0.15) is 38.8 Å². The van der Waals surface area contributed by atoms with Gasteiger partial charge in [0.2, 0.25) is 5.91 Å². The second-order valence-electron chi connectivity index (χ2n) is 8.61. The first-order valence-electron chi connectivity index (χ1n) is 11.0. The predicted molar refractivity (Wildman–Crippen MR) is 133 cm³/mol. The Balaban J connectivity index is 1.90. The third-order valence-corrected chi connectivity index (χ3v) is 8.06. The van der Waals surface area contributed by atoms with Crippen LogP contribution in [0.15, 0.2) is 83.8 Å². The summed E-state index contributed by atoms with van der Waals surface area (Å²) in [5.41, 5.74) is 2.14. The van der Waals surface area contributed by atoms with Crippen molar-refractivity contribution in [2.75, 3.05) is 9.21 Å². The van der Waals surface area contributed by atoms with Crippen molar-refractivity contribution in [3.63, 3.8) is 0 Å². The van der Waals surface area contributed by atoms with E-state index in [1.807, 2.05) is 68.1 Å². The lowest BCUT2D eigenvalue weighted by Crippen LogP contribution is -2.49. The molecule has 1 amide bonds. The van der Waals surface area contributed by atoms with E-state index in [2.05, 4.69) is 0 Å². The maximum atomic E-state index is 14.0. The smallest absolute Gasteiger partial charge is 0.264 e. The summed E-state index contributed by atoms with van der Waals surface area (Å²) in [5, 5.41) is 0.472. The molecule has 5 nitrogen and oxygen atoms in total. The first kappa shape index (κ1) is 23.3. The number of benzene rings is 3. The third-order valence-electron chi connectivity index (χ3n) is 5.96. The van der Waals surface area contributed by atoms with Gasteiger partial charge >= 0.3 is 0 Å². The molecule has 0 radical (unpaired) electrons. The molecule has 0 aromatic heterocycles. The molecule has 4 rings (SSSR count). The molecule has 0 unspecified atom stereocenters. The van der Waals surface area contributed by atoms with Gasteiger partial charge in [0, 0.05) is 22.7 Å². The molecule has 0 N–H and O–H groups in total. The van der Waals surface area contributed by atoms with Gasteiger partial charge in [0.1, 0.15) is 0 Å². The maximum absolute atomic E-state index is 14.0. The molecular weight excluding hydrogens is 456 g/mol. The van der Waals surface area contributed by atoms with Gasteiger partial charge in [-0.2, -0.15) is 0 Å². The van der Waals surface area contributed by atoms with Crippen molar-refractivity contribution in [2.24, 2.45) is 5.92 Å². The Labute approximate surface area is 200 Å². The number of fused-ring (bicyclic) bond motifs is 1. The van der Waals surface area contributed by atoms with Crippen LogP contribution in [-0.2, 0) is 14.8 Å². The molecule has 7 heteroatoms. The fourth-order valence-electron chi connectivity index (χ4n) is 4.40. The van der Waals surface area contributed by atoms with Gasteiger partial charge in [0.15, 0.2) is 0 Å². The number of nitrogens with zero attached hydrogens (tertiary/aromatic N) is 2. The Kier molecular flexibility index (Phi) is 6.50. The molecule has 0 bridgehead atoms. The van der Waals surface area contributed by atoms with Crippen LogP contribution in [0.25, 0.3) is 0 Å². The first-order valence-corrected chi connectivity index (χ1v) is 12.8. The standard InChI is InChI=1S/C26H27ClN2O3S/c1-18(2)26(30)28-19(3)17-25(23-11-7-8-12-24(23)28)29(21-9-5-4-6-10-21)33(31,32)22-15-13-20(27)14-16-22/h4-16,18-19,25H,17H2,1-3H3/t19-,25+/m1/s1. The van der Waals surface area contributed by atoms with Crippen LogP contribution in [0, 0.1) is 5.92 Å². The van der Waals surface area contributed by atoms with E-state index in [9.17, 15) is 13.2 Å². The van der Waals surface area contributed by atoms with Crippen molar-refractivity contribution in [3.05, 3.63) is 89.4 Å². The molecule has 0 saturated carbocycles. The minimum absolute atomic E-state index is 0.0280. The molecule has 172 valence electrons. The van der Waals surface area contributed by atoms with Gasteiger partial charge in [-0.05, 0) is 61.4 Å². The van der Waals surface area contributed by atoms with E-state index in [-0.39, 0.29) is 22.8 Å². The van der Waals surface area contributed by atoms with E-state index < -0.39 is 16.1 Å². The summed E-state index contributed by atoms with van der Waals surface area (Å²) in [4.78, 5) is 15.0. The molecule has 0 saturated heterocycles. The summed E-state index contributed by atoms with van der Waals surface area (Å²) in [6, 6.07) is 22.3. The van der Waals surface area contributed by atoms with Gasteiger partial charge in [-0.15, -0.1) is 0 Å². The molecule has 0 spiro atoms. The fourth-order valence-corrected chi connectivity index (χ4v) is 6.17. The lowest BCUT2D eigenvalue weighted by atomic mass is 9.90. The van der Waals surface area contributed by atoms with Crippen molar-refractivity contribution in [1.29, 1.82) is 0 Å². The Morgan fingerprint density at radius 1 is 0.970 bits per heavy atom. The minimum Gasteiger partial charge on any atom is -0.309 e. The Bertz CT molecular complexity index is 1240. The van der Waals surface area contributed by atoms with Crippen LogP contribution in [0.4, 0.5) is 11.4 Å². The summed E-state index contributed by atoms with van der Waals surface area (Å²) in [7, 11) is -3.92. The molecule has 3 aromatic carbocycles. The zero-order valence-corrected chi connectivity index (χ0v) is 20.4. The van der Waals surface area contributed by atoms with E-state index >= 15 is 0 Å². The number of amides is 1. The number of carbonyl (C=O) groups excluding carboxylic acids is 1. The van der Waals surface area contributed by atoms with Crippen molar-refractivity contribution in [2.45, 2.75) is 44.2 Å². The lowest BCUT2D eigenvalue weighted by Gasteiger charge is -2.44. The van der Waals surface area contributed by atoms with Crippen molar-refractivity contribution in [1.82, 2.24) is 0 Å². The summed E-state index contributed by atoms with van der Waals surface area (Å²) in [6.07, 6.45) is 0.469. The summed E-state index contributed by atoms with van der Waals surface area (Å²) in [6.45, 7) is 5.73. The van der Waals surface area contributed by atoms with Crippen LogP contribution in [0.2, 0.25) is 5.02 Å². The molecule has 1 aliphatic rings. The number of rotatable bonds is 5. The molecule has 1 heterocycles. The number of para-hydroxylation sites is 2. The van der Waals surface area contributed by atoms with Crippen LogP contribution in [0.5, 0.6) is 0 Å². The molecular formula is C26H27ClN2O3S. The molecule has 3 aromatic rings. The second kappa shape index (κ2) is 9.20. The molecule has 0 fully saturated rings. The largest absolute Gasteiger partial charge is 0.309 e. The van der Waals surface area contributed by atoms with E-state index in [0.29, 0.717) is 17.1 Å². The number of anilines is 2. The normalized spacial score (nSPS) is 18.2. The van der Waals surface area contributed by atoms with Crippen LogP contribution in [-0.4, -0.2) is 20.4 Å². The fraction of sp³-hybridized carbons (Fsp3) is 0.269. The molecule has 2 atom stereocenters. The summed E-state index contributed by atoms with van der Waals surface area (Å²) >= 11 is 6.02. The van der Waals surface area contributed by atoms with Gasteiger partial charge in [0.05, 0.1) is 16.6 Å². The summed E-state index contributed by atoms with van der Waals surface area (Å²) in [5.74, 6) is -0.139. The monoisotopic (exact) mass is 482 g/mol. The van der Waals surface area contributed by atoms with Crippen molar-refractivity contribution in [3.8, 4) is 0 Å². The van der Waals surface area contributed by atoms with E-state index in [0.717, 1.165) is 11.3 Å². The van der Waals surface area contributed by atoms with Gasteiger partial charge in [-0.3, -0.25) is 9.10 Å². The predicted octanol–water partition coefficient (Wildman–Crippen LogP) is 6.06. The first-order chi connectivity index (χ1) is 15.7. The third kappa shape index (κ3) is 4.37. The molecule has 33 heavy (non-hydrogen) atoms. The number of halogens is 1. The SMILES string of the molecule is CC(C)C(=O)N1c2ccccc2[C@@H](N(c2ccccc2)S(=O)(=O)c2ccc(Cl)cc2)C[C@H]1C. The van der Waals surface area contributed by atoms with Crippen LogP contribution < -0.4 is 9.21 Å². The molecule has 1 aliphatic heterocycles. The number of sulfonamides is 1. The van der Waals surface area contributed by atoms with E-state index in [1.54, 1.807) is 24.3 Å². The highest BCUT2D eigenvalue weighted by Gasteiger charge is 2.41. The number of hydrogen-bond donors (Lipinski definition) is 0. The lowest BCUT2D eigenvalue weighted by molar-refractivity contribution is -0.122. The quantitative estimate of drug-likeness (QED) is 0.444. The number of carbonyl (C=O) groups is 1. The van der Waals surface area contributed by atoms with Gasteiger partial charge < -0.3 is 4.90 Å². The average molecular weight is 483 g/mol. The topological polar surface area (TPSA) is 57.7 Å². The Morgan fingerprint density at radius 2 is 1.58 bits per heavy atom. The maximum Gasteiger partial charge on any atom is 0.264 e. The van der Waals surface area contributed by atoms with E-state index in [1.165, 1.54) is 16.4 Å². The van der Waals surface area contributed by atoms with Crippen molar-refractivity contribution >= 4 is 38.9 Å². The highest BCUT2D eigenvalue weighted by molar-refractivity contribution is 7.92. The van der Waals surface area contributed by atoms with Crippen LogP contribution >= 0.6 is 11.6 Å².